The number of benzene rings is 1. The van der Waals surface area contributed by atoms with E-state index < -0.39 is 6.10 Å². The Morgan fingerprint density at radius 3 is 2.79 bits per heavy atom. The van der Waals surface area contributed by atoms with Gasteiger partial charge in [-0.3, -0.25) is 4.79 Å². The number of anilines is 2. The molecule has 0 bridgehead atoms. The number of nitrogens with one attached hydrogen (secondary N) is 1. The highest BCUT2D eigenvalue weighted by Crippen LogP contribution is 2.29. The summed E-state index contributed by atoms with van der Waals surface area (Å²) in [4.78, 5) is 23.1. The summed E-state index contributed by atoms with van der Waals surface area (Å²) in [6.45, 7) is 6.26. The molecule has 7 heteroatoms. The van der Waals surface area contributed by atoms with Gasteiger partial charge in [0.05, 0.1) is 11.8 Å². The van der Waals surface area contributed by atoms with E-state index in [1.165, 1.54) is 19.1 Å². The summed E-state index contributed by atoms with van der Waals surface area (Å²) < 4.78 is 13.7. The Kier molecular flexibility index (Phi) is 8.49. The number of aliphatic hydroxyl groups is 1. The molecule has 0 saturated carbocycles. The van der Waals surface area contributed by atoms with Gasteiger partial charge in [0.25, 0.3) is 0 Å². The van der Waals surface area contributed by atoms with Crippen molar-refractivity contribution in [1.82, 2.24) is 14.9 Å². The third-order valence-electron chi connectivity index (χ3n) is 5.44. The zero-order valence-electron chi connectivity index (χ0n) is 19.3. The summed E-state index contributed by atoms with van der Waals surface area (Å²) in [5.41, 5.74) is 2.18. The Balaban J connectivity index is 2.00. The first-order valence-electron chi connectivity index (χ1n) is 11.2. The average molecular weight is 451 g/mol. The standard InChI is InChI=1S/C26H31FN4O2/c1-4-6-7-8-10-19(5-2)24-15-25(28-22-12-9-11-21(27)14-22)30-26(29-24)20-13-23(33)17-31(16-20)18(3)32/h5-12,14-15,20,23,33H,4,13,16-17H2,1-3H3,(H,28,29,30)/b7-6+,10-8-,19-5+. The second-order valence-electron chi connectivity index (χ2n) is 8.08. The number of likely N-dealkylation sites (tertiary alicyclic amines) is 1. The fraction of sp³-hybridized carbons (Fsp3) is 0.346. The van der Waals surface area contributed by atoms with Gasteiger partial charge in [-0.25, -0.2) is 14.4 Å². The highest BCUT2D eigenvalue weighted by atomic mass is 19.1. The van der Waals surface area contributed by atoms with E-state index in [9.17, 15) is 14.3 Å². The van der Waals surface area contributed by atoms with Crippen LogP contribution in [0.2, 0.25) is 0 Å². The van der Waals surface area contributed by atoms with Gasteiger partial charge in [0.2, 0.25) is 5.91 Å². The first-order chi connectivity index (χ1) is 15.9. The molecule has 1 fully saturated rings. The lowest BCUT2D eigenvalue weighted by atomic mass is 9.94. The molecule has 1 aromatic carbocycles. The van der Waals surface area contributed by atoms with E-state index in [0.717, 1.165) is 12.0 Å². The monoisotopic (exact) mass is 450 g/mol. The van der Waals surface area contributed by atoms with Gasteiger partial charge in [0, 0.05) is 37.7 Å². The van der Waals surface area contributed by atoms with Crippen LogP contribution in [0.3, 0.4) is 0 Å². The molecule has 174 valence electrons. The molecule has 6 nitrogen and oxygen atoms in total. The SMILES string of the molecule is C\C=C(/C=C\C=C\CC)c1cc(Nc2cccc(F)c2)nc(C2CC(O)CN(C(C)=O)C2)n1. The second kappa shape index (κ2) is 11.5. The van der Waals surface area contributed by atoms with Gasteiger partial charge in [-0.1, -0.05) is 43.4 Å². The van der Waals surface area contributed by atoms with Crippen LogP contribution < -0.4 is 5.32 Å². The first kappa shape index (κ1) is 24.3. The number of rotatable bonds is 7. The molecule has 2 N–H and O–H groups in total. The van der Waals surface area contributed by atoms with Gasteiger partial charge >= 0.3 is 0 Å². The van der Waals surface area contributed by atoms with Gasteiger partial charge in [-0.15, -0.1) is 0 Å². The van der Waals surface area contributed by atoms with Crippen molar-refractivity contribution in [3.8, 4) is 0 Å². The highest BCUT2D eigenvalue weighted by molar-refractivity contribution is 5.74. The van der Waals surface area contributed by atoms with Crippen molar-refractivity contribution in [2.45, 2.75) is 45.6 Å². The van der Waals surface area contributed by atoms with Crippen LogP contribution in [0.1, 0.15) is 51.0 Å². The Hall–Kier alpha value is -3.32. The van der Waals surface area contributed by atoms with E-state index in [0.29, 0.717) is 42.5 Å². The summed E-state index contributed by atoms with van der Waals surface area (Å²) in [5, 5.41) is 13.5. The number of piperidine rings is 1. The van der Waals surface area contributed by atoms with Crippen LogP contribution in [0.15, 0.2) is 60.7 Å². The summed E-state index contributed by atoms with van der Waals surface area (Å²) in [7, 11) is 0. The number of allylic oxidation sites excluding steroid dienone is 6. The van der Waals surface area contributed by atoms with Crippen LogP contribution in [0.4, 0.5) is 15.9 Å². The van der Waals surface area contributed by atoms with E-state index in [4.69, 9.17) is 4.98 Å². The number of halogens is 1. The number of amides is 1. The largest absolute Gasteiger partial charge is 0.391 e. The van der Waals surface area contributed by atoms with Crippen LogP contribution in [-0.4, -0.2) is 45.1 Å². The summed E-state index contributed by atoms with van der Waals surface area (Å²) >= 11 is 0. The van der Waals surface area contributed by atoms with Crippen LogP contribution in [0.25, 0.3) is 5.57 Å². The predicted octanol–water partition coefficient (Wildman–Crippen LogP) is 4.98. The Morgan fingerprint density at radius 1 is 1.27 bits per heavy atom. The van der Waals surface area contributed by atoms with E-state index in [1.54, 1.807) is 17.0 Å². The van der Waals surface area contributed by atoms with E-state index >= 15 is 0 Å². The van der Waals surface area contributed by atoms with Crippen molar-refractivity contribution >= 4 is 23.0 Å². The molecule has 1 aliphatic rings. The van der Waals surface area contributed by atoms with Gasteiger partial charge < -0.3 is 15.3 Å². The fourth-order valence-corrected chi connectivity index (χ4v) is 3.79. The predicted molar refractivity (Wildman–Crippen MR) is 130 cm³/mol. The topological polar surface area (TPSA) is 78.4 Å². The van der Waals surface area contributed by atoms with E-state index in [1.807, 2.05) is 37.3 Å². The smallest absolute Gasteiger partial charge is 0.219 e. The Bertz CT molecular complexity index is 1060. The molecule has 0 radical (unpaired) electrons. The first-order valence-corrected chi connectivity index (χ1v) is 11.2. The summed E-state index contributed by atoms with van der Waals surface area (Å²) in [6.07, 6.45) is 10.7. The van der Waals surface area contributed by atoms with Crippen molar-refractivity contribution in [3.05, 3.63) is 78.0 Å². The van der Waals surface area contributed by atoms with Crippen LogP contribution >= 0.6 is 0 Å². The van der Waals surface area contributed by atoms with Crippen LogP contribution in [0, 0.1) is 5.82 Å². The molecule has 3 rings (SSSR count). The lowest BCUT2D eigenvalue weighted by Crippen LogP contribution is -2.44. The van der Waals surface area contributed by atoms with Gasteiger partial charge in [-0.2, -0.15) is 0 Å². The number of aromatic nitrogens is 2. The Labute approximate surface area is 194 Å². The number of carbonyl (C=O) groups is 1. The van der Waals surface area contributed by atoms with Crippen molar-refractivity contribution in [1.29, 1.82) is 0 Å². The van der Waals surface area contributed by atoms with Gasteiger partial charge in [-0.05, 0) is 43.5 Å². The number of β-amino-alcohol motifs (C(OH)–C–C–N with tert-alkyl or cyclic N) is 1. The minimum Gasteiger partial charge on any atom is -0.391 e. The van der Waals surface area contributed by atoms with Crippen LogP contribution in [-0.2, 0) is 4.79 Å². The number of hydrogen-bond acceptors (Lipinski definition) is 5. The number of carbonyl (C=O) groups excluding carboxylic acids is 1. The number of nitrogens with zero attached hydrogens (tertiary/aromatic N) is 3. The lowest BCUT2D eigenvalue weighted by molar-refractivity contribution is -0.132. The molecule has 0 aliphatic carbocycles. The highest BCUT2D eigenvalue weighted by Gasteiger charge is 2.30. The molecule has 1 aromatic heterocycles. The lowest BCUT2D eigenvalue weighted by Gasteiger charge is -2.34. The van der Waals surface area contributed by atoms with Crippen molar-refractivity contribution in [3.63, 3.8) is 0 Å². The molecule has 1 saturated heterocycles. The molecule has 2 heterocycles. The van der Waals surface area contributed by atoms with Crippen molar-refractivity contribution in [2.24, 2.45) is 0 Å². The molecule has 2 aromatic rings. The molecular formula is C26H31FN4O2. The molecule has 0 spiro atoms. The second-order valence-corrected chi connectivity index (χ2v) is 8.08. The van der Waals surface area contributed by atoms with Gasteiger partial charge in [0.15, 0.2) is 0 Å². The van der Waals surface area contributed by atoms with Crippen molar-refractivity contribution < 1.29 is 14.3 Å². The summed E-state index contributed by atoms with van der Waals surface area (Å²) in [6, 6.07) is 7.99. The fourth-order valence-electron chi connectivity index (χ4n) is 3.79. The third kappa shape index (κ3) is 6.83. The molecule has 33 heavy (non-hydrogen) atoms. The third-order valence-corrected chi connectivity index (χ3v) is 5.44. The Morgan fingerprint density at radius 2 is 2.09 bits per heavy atom. The molecule has 2 unspecified atom stereocenters. The average Bonchev–Trinajstić information content (AvgIpc) is 2.78. The maximum absolute atomic E-state index is 13.7. The quantitative estimate of drug-likeness (QED) is 0.582. The van der Waals surface area contributed by atoms with E-state index in [2.05, 4.69) is 23.3 Å². The van der Waals surface area contributed by atoms with Gasteiger partial charge in [0.1, 0.15) is 17.5 Å². The molecular weight excluding hydrogens is 419 g/mol. The minimum absolute atomic E-state index is 0.0900. The summed E-state index contributed by atoms with van der Waals surface area (Å²) in [5.74, 6) is 0.405. The maximum Gasteiger partial charge on any atom is 0.219 e. The zero-order chi connectivity index (χ0) is 23.8. The van der Waals surface area contributed by atoms with E-state index in [-0.39, 0.29) is 17.6 Å². The molecule has 1 amide bonds. The maximum atomic E-state index is 13.7. The number of hydrogen-bond donors (Lipinski definition) is 2. The number of aliphatic hydroxyl groups excluding tert-OH is 1. The normalized spacial score (nSPS) is 19.4. The minimum atomic E-state index is -0.639. The zero-order valence-corrected chi connectivity index (χ0v) is 19.3. The van der Waals surface area contributed by atoms with Crippen LogP contribution in [0.5, 0.6) is 0 Å². The molecule has 1 aliphatic heterocycles. The molecule has 2 atom stereocenters. The van der Waals surface area contributed by atoms with Crippen molar-refractivity contribution in [2.75, 3.05) is 18.4 Å².